The van der Waals surface area contributed by atoms with E-state index in [2.05, 4.69) is 15.6 Å². The second kappa shape index (κ2) is 6.91. The predicted molar refractivity (Wildman–Crippen MR) is 87.3 cm³/mol. The number of benzene rings is 1. The van der Waals surface area contributed by atoms with Gasteiger partial charge in [-0.15, -0.1) is 0 Å². The van der Waals surface area contributed by atoms with Crippen LogP contribution in [0.1, 0.15) is 20.8 Å². The van der Waals surface area contributed by atoms with Gasteiger partial charge in [0.2, 0.25) is 17.7 Å². The van der Waals surface area contributed by atoms with Gasteiger partial charge in [0, 0.05) is 13.0 Å². The lowest BCUT2D eigenvalue weighted by Crippen LogP contribution is -2.51. The Balaban J connectivity index is 2.00. The van der Waals surface area contributed by atoms with Crippen molar-refractivity contribution in [2.75, 3.05) is 5.32 Å². The smallest absolute Gasteiger partial charge is 0.249 e. The summed E-state index contributed by atoms with van der Waals surface area (Å²) in [6.45, 7) is 4.63. The maximum absolute atomic E-state index is 12.2. The first kappa shape index (κ1) is 16.5. The Labute approximate surface area is 134 Å². The molecule has 2 rings (SSSR count). The van der Waals surface area contributed by atoms with E-state index in [1.165, 1.54) is 13.1 Å². The molecule has 0 atom stereocenters. The number of hydrogen-bond acceptors (Lipinski definition) is 4. The van der Waals surface area contributed by atoms with Gasteiger partial charge in [-0.3, -0.25) is 9.59 Å². The monoisotopic (exact) mass is 313 g/mol. The number of carbonyl (C=O) groups is 2. The lowest BCUT2D eigenvalue weighted by molar-refractivity contribution is -0.128. The number of anilines is 1. The molecule has 23 heavy (non-hydrogen) atoms. The van der Waals surface area contributed by atoms with Crippen LogP contribution in [0.5, 0.6) is 11.6 Å². The molecule has 2 amide bonds. The highest BCUT2D eigenvalue weighted by Crippen LogP contribution is 2.20. The van der Waals surface area contributed by atoms with Crippen molar-refractivity contribution in [3.05, 3.63) is 48.7 Å². The van der Waals surface area contributed by atoms with Crippen LogP contribution < -0.4 is 15.4 Å². The maximum Gasteiger partial charge on any atom is 0.249 e. The Kier molecular flexibility index (Phi) is 4.95. The summed E-state index contributed by atoms with van der Waals surface area (Å²) in [6, 6.07) is 12.6. The van der Waals surface area contributed by atoms with E-state index in [0.717, 1.165) is 0 Å². The van der Waals surface area contributed by atoms with Gasteiger partial charge < -0.3 is 15.4 Å². The van der Waals surface area contributed by atoms with E-state index in [-0.39, 0.29) is 11.8 Å². The van der Waals surface area contributed by atoms with E-state index < -0.39 is 5.54 Å². The van der Waals surface area contributed by atoms with Crippen LogP contribution in [0, 0.1) is 0 Å². The molecule has 0 aliphatic carbocycles. The summed E-state index contributed by atoms with van der Waals surface area (Å²) < 4.78 is 5.58. The quantitative estimate of drug-likeness (QED) is 0.889. The third-order valence-electron chi connectivity index (χ3n) is 3.02. The third-order valence-corrected chi connectivity index (χ3v) is 3.02. The minimum Gasteiger partial charge on any atom is -0.439 e. The first-order valence-corrected chi connectivity index (χ1v) is 7.16. The summed E-state index contributed by atoms with van der Waals surface area (Å²) in [5.41, 5.74) is -0.487. The lowest BCUT2D eigenvalue weighted by atomic mass is 10.0. The number of rotatable bonds is 5. The number of aromatic nitrogens is 1. The van der Waals surface area contributed by atoms with Crippen LogP contribution in [-0.2, 0) is 9.59 Å². The molecule has 1 heterocycles. The van der Waals surface area contributed by atoms with E-state index in [9.17, 15) is 9.59 Å². The molecule has 6 heteroatoms. The van der Waals surface area contributed by atoms with E-state index in [4.69, 9.17) is 4.74 Å². The normalized spacial score (nSPS) is 10.7. The average Bonchev–Trinajstić information content (AvgIpc) is 2.49. The molecule has 0 saturated heterocycles. The van der Waals surface area contributed by atoms with Gasteiger partial charge in [0.25, 0.3) is 0 Å². The fraction of sp³-hybridized carbons (Fsp3) is 0.235. The number of pyridine rings is 1. The molecule has 0 aliphatic rings. The molecule has 0 aliphatic heterocycles. The van der Waals surface area contributed by atoms with Gasteiger partial charge in [0.05, 0.1) is 11.9 Å². The topological polar surface area (TPSA) is 80.3 Å². The van der Waals surface area contributed by atoms with Crippen molar-refractivity contribution in [2.24, 2.45) is 0 Å². The molecule has 0 bridgehead atoms. The van der Waals surface area contributed by atoms with Crippen LogP contribution in [0.25, 0.3) is 0 Å². The Morgan fingerprint density at radius 1 is 1.09 bits per heavy atom. The highest BCUT2D eigenvalue weighted by molar-refractivity contribution is 5.99. The van der Waals surface area contributed by atoms with Crippen LogP contribution in [0.15, 0.2) is 48.7 Å². The number of nitrogens with one attached hydrogen (secondary N) is 2. The fourth-order valence-electron chi connectivity index (χ4n) is 1.91. The van der Waals surface area contributed by atoms with Gasteiger partial charge in [-0.2, -0.15) is 0 Å². The number of nitrogens with zero attached hydrogens (tertiary/aromatic N) is 1. The summed E-state index contributed by atoms with van der Waals surface area (Å²) in [7, 11) is 0. The van der Waals surface area contributed by atoms with Crippen molar-refractivity contribution in [2.45, 2.75) is 26.3 Å². The van der Waals surface area contributed by atoms with Gasteiger partial charge in [-0.1, -0.05) is 18.2 Å². The van der Waals surface area contributed by atoms with Crippen molar-refractivity contribution in [3.8, 4) is 11.6 Å². The molecule has 0 saturated carbocycles. The first-order chi connectivity index (χ1) is 10.9. The molecule has 0 fully saturated rings. The fourth-order valence-corrected chi connectivity index (χ4v) is 1.91. The minimum absolute atomic E-state index is 0.269. The molecule has 0 spiro atoms. The molecule has 2 aromatic rings. The lowest BCUT2D eigenvalue weighted by Gasteiger charge is -2.24. The summed E-state index contributed by atoms with van der Waals surface area (Å²) in [5, 5.41) is 5.29. The SMILES string of the molecule is CC(=O)NC(C)(C)C(=O)Nc1ccc(Oc2ccccc2)nc1. The van der Waals surface area contributed by atoms with Crippen molar-refractivity contribution in [1.82, 2.24) is 10.3 Å². The van der Waals surface area contributed by atoms with Crippen LogP contribution >= 0.6 is 0 Å². The first-order valence-electron chi connectivity index (χ1n) is 7.16. The molecular weight excluding hydrogens is 294 g/mol. The second-order valence-electron chi connectivity index (χ2n) is 5.56. The van der Waals surface area contributed by atoms with Crippen molar-refractivity contribution < 1.29 is 14.3 Å². The van der Waals surface area contributed by atoms with Crippen LogP contribution in [0.2, 0.25) is 0 Å². The molecule has 1 aromatic heterocycles. The van der Waals surface area contributed by atoms with Crippen molar-refractivity contribution >= 4 is 17.5 Å². The van der Waals surface area contributed by atoms with Crippen molar-refractivity contribution in [3.63, 3.8) is 0 Å². The maximum atomic E-state index is 12.2. The average molecular weight is 313 g/mol. The summed E-state index contributed by atoms with van der Waals surface area (Å²) >= 11 is 0. The Bertz CT molecular complexity index is 682. The van der Waals surface area contributed by atoms with Crippen molar-refractivity contribution in [1.29, 1.82) is 0 Å². The Morgan fingerprint density at radius 2 is 1.78 bits per heavy atom. The predicted octanol–water partition coefficient (Wildman–Crippen LogP) is 2.73. The van der Waals surface area contributed by atoms with Gasteiger partial charge >= 0.3 is 0 Å². The number of ether oxygens (including phenoxy) is 1. The number of hydrogen-bond donors (Lipinski definition) is 2. The molecular formula is C17H19N3O3. The Morgan fingerprint density at radius 3 is 2.35 bits per heavy atom. The molecule has 1 aromatic carbocycles. The van der Waals surface area contributed by atoms with Gasteiger partial charge in [-0.05, 0) is 32.0 Å². The standard InChI is InChI=1S/C17H19N3O3/c1-12(21)20-17(2,3)16(22)19-13-9-10-15(18-11-13)23-14-7-5-4-6-8-14/h4-11H,1-3H3,(H,19,22)(H,20,21). The van der Waals surface area contributed by atoms with E-state index in [1.807, 2.05) is 30.3 Å². The molecule has 6 nitrogen and oxygen atoms in total. The molecule has 0 unspecified atom stereocenters. The largest absolute Gasteiger partial charge is 0.439 e. The van der Waals surface area contributed by atoms with E-state index in [1.54, 1.807) is 26.0 Å². The highest BCUT2D eigenvalue weighted by Gasteiger charge is 2.28. The number of amides is 2. The Hall–Kier alpha value is -2.89. The number of para-hydroxylation sites is 1. The van der Waals surface area contributed by atoms with Crippen LogP contribution in [0.3, 0.4) is 0 Å². The minimum atomic E-state index is -1.01. The highest BCUT2D eigenvalue weighted by atomic mass is 16.5. The van der Waals surface area contributed by atoms with Crippen LogP contribution in [0.4, 0.5) is 5.69 Å². The van der Waals surface area contributed by atoms with E-state index in [0.29, 0.717) is 17.3 Å². The second-order valence-corrected chi connectivity index (χ2v) is 5.56. The molecule has 2 N–H and O–H groups in total. The van der Waals surface area contributed by atoms with Crippen LogP contribution in [-0.4, -0.2) is 22.3 Å². The zero-order chi connectivity index (χ0) is 16.9. The summed E-state index contributed by atoms with van der Waals surface area (Å²) in [5.74, 6) is 0.514. The third kappa shape index (κ3) is 4.81. The molecule has 120 valence electrons. The van der Waals surface area contributed by atoms with Gasteiger partial charge in [0.1, 0.15) is 11.3 Å². The zero-order valence-electron chi connectivity index (χ0n) is 13.3. The summed E-state index contributed by atoms with van der Waals surface area (Å²) in [4.78, 5) is 27.4. The summed E-state index contributed by atoms with van der Waals surface area (Å²) in [6.07, 6.45) is 1.50. The van der Waals surface area contributed by atoms with Gasteiger partial charge in [-0.25, -0.2) is 4.98 Å². The number of carbonyl (C=O) groups excluding carboxylic acids is 2. The van der Waals surface area contributed by atoms with Gasteiger partial charge in [0.15, 0.2) is 0 Å². The zero-order valence-corrected chi connectivity index (χ0v) is 13.3. The molecule has 0 radical (unpaired) electrons. The van der Waals surface area contributed by atoms with E-state index >= 15 is 0 Å².